The van der Waals surface area contributed by atoms with Crippen molar-refractivity contribution in [3.05, 3.63) is 29.8 Å². The molecule has 1 heterocycles. The van der Waals surface area contributed by atoms with E-state index in [1.54, 1.807) is 7.11 Å². The van der Waals surface area contributed by atoms with Crippen molar-refractivity contribution in [3.8, 4) is 0 Å². The largest absolute Gasteiger partial charge is 0.381 e. The van der Waals surface area contributed by atoms with Crippen molar-refractivity contribution < 1.29 is 9.53 Å². The smallest absolute Gasteiger partial charge is 0.254 e. The van der Waals surface area contributed by atoms with Gasteiger partial charge < -0.3 is 20.3 Å². The summed E-state index contributed by atoms with van der Waals surface area (Å²) < 4.78 is 5.41. The predicted octanol–water partition coefficient (Wildman–Crippen LogP) is 1.33. The Kier molecular flexibility index (Phi) is 5.20. The molecule has 0 spiro atoms. The van der Waals surface area contributed by atoms with E-state index in [0.717, 1.165) is 24.1 Å². The Morgan fingerprint density at radius 1 is 1.48 bits per heavy atom. The molecule has 0 bridgehead atoms. The summed E-state index contributed by atoms with van der Waals surface area (Å²) in [7, 11) is 5.66. The molecule has 5 nitrogen and oxygen atoms in total. The molecule has 5 heteroatoms. The minimum absolute atomic E-state index is 0.0548. The van der Waals surface area contributed by atoms with Gasteiger partial charge in [0, 0.05) is 51.6 Å². The number of amides is 1. The molecule has 21 heavy (non-hydrogen) atoms. The molecular formula is C16H25N3O2. The van der Waals surface area contributed by atoms with E-state index in [9.17, 15) is 4.79 Å². The molecule has 1 aliphatic rings. The highest BCUT2D eigenvalue weighted by Crippen LogP contribution is 2.22. The maximum atomic E-state index is 12.7. The zero-order valence-corrected chi connectivity index (χ0v) is 13.1. The normalized spacial score (nSPS) is 22.2. The molecule has 2 atom stereocenters. The summed E-state index contributed by atoms with van der Waals surface area (Å²) in [5, 5.41) is 0. The van der Waals surface area contributed by atoms with Gasteiger partial charge >= 0.3 is 0 Å². The van der Waals surface area contributed by atoms with Gasteiger partial charge in [-0.1, -0.05) is 6.07 Å². The second-order valence-electron chi connectivity index (χ2n) is 5.71. The monoisotopic (exact) mass is 291 g/mol. The highest BCUT2D eigenvalue weighted by Gasteiger charge is 2.31. The lowest BCUT2D eigenvalue weighted by Gasteiger charge is -2.38. The summed E-state index contributed by atoms with van der Waals surface area (Å²) in [6, 6.07) is 7.76. The Morgan fingerprint density at radius 2 is 2.24 bits per heavy atom. The van der Waals surface area contributed by atoms with Gasteiger partial charge in [0.25, 0.3) is 5.91 Å². The number of hydrogen-bond acceptors (Lipinski definition) is 4. The molecule has 0 radical (unpaired) electrons. The van der Waals surface area contributed by atoms with Gasteiger partial charge in [-0.3, -0.25) is 4.79 Å². The molecular weight excluding hydrogens is 266 g/mol. The topological polar surface area (TPSA) is 58.8 Å². The van der Waals surface area contributed by atoms with Crippen LogP contribution in [0.4, 0.5) is 5.69 Å². The first-order chi connectivity index (χ1) is 10.1. The standard InChI is InChI=1S/C16H25N3O2/c1-18(2)13-6-4-5-12(9-13)16(20)19-8-7-15(21-3)10-14(19)11-17/h4-6,9,14-15H,7-8,10-11,17H2,1-3H3. The molecule has 1 aromatic carbocycles. The van der Waals surface area contributed by atoms with Crippen molar-refractivity contribution in [2.24, 2.45) is 5.73 Å². The van der Waals surface area contributed by atoms with Crippen LogP contribution in [0.15, 0.2) is 24.3 Å². The molecule has 2 rings (SSSR count). The van der Waals surface area contributed by atoms with Crippen LogP contribution in [0.5, 0.6) is 0 Å². The third-order valence-corrected chi connectivity index (χ3v) is 4.14. The number of carbonyl (C=O) groups excluding carboxylic acids is 1. The van der Waals surface area contributed by atoms with Crippen molar-refractivity contribution in [2.45, 2.75) is 25.0 Å². The Hall–Kier alpha value is -1.59. The molecule has 0 aliphatic carbocycles. The van der Waals surface area contributed by atoms with Gasteiger partial charge in [0.05, 0.1) is 6.10 Å². The minimum Gasteiger partial charge on any atom is -0.381 e. The first-order valence-electron chi connectivity index (χ1n) is 7.38. The number of piperidine rings is 1. The number of anilines is 1. The number of likely N-dealkylation sites (tertiary alicyclic amines) is 1. The molecule has 1 aromatic rings. The zero-order chi connectivity index (χ0) is 15.4. The van der Waals surface area contributed by atoms with Gasteiger partial charge in [-0.15, -0.1) is 0 Å². The summed E-state index contributed by atoms with van der Waals surface area (Å²) >= 11 is 0. The molecule has 2 unspecified atom stereocenters. The van der Waals surface area contributed by atoms with Crippen LogP contribution in [0.1, 0.15) is 23.2 Å². The fourth-order valence-electron chi connectivity index (χ4n) is 2.80. The lowest BCUT2D eigenvalue weighted by molar-refractivity contribution is 0.0139. The first kappa shape index (κ1) is 15.8. The van der Waals surface area contributed by atoms with E-state index >= 15 is 0 Å². The molecule has 2 N–H and O–H groups in total. The number of methoxy groups -OCH3 is 1. The Bertz CT molecular complexity index is 490. The van der Waals surface area contributed by atoms with Gasteiger partial charge in [-0.2, -0.15) is 0 Å². The summed E-state index contributed by atoms with van der Waals surface area (Å²) in [6.45, 7) is 1.17. The lowest BCUT2D eigenvalue weighted by atomic mass is 9.98. The van der Waals surface area contributed by atoms with Crippen molar-refractivity contribution in [1.82, 2.24) is 4.90 Å². The van der Waals surface area contributed by atoms with Gasteiger partial charge in [-0.25, -0.2) is 0 Å². The average Bonchev–Trinajstić information content (AvgIpc) is 2.53. The number of benzene rings is 1. The molecule has 1 saturated heterocycles. The van der Waals surface area contributed by atoms with E-state index in [0.29, 0.717) is 13.1 Å². The molecule has 1 fully saturated rings. The maximum Gasteiger partial charge on any atom is 0.254 e. The van der Waals surface area contributed by atoms with Crippen LogP contribution >= 0.6 is 0 Å². The average molecular weight is 291 g/mol. The van der Waals surface area contributed by atoms with E-state index in [4.69, 9.17) is 10.5 Å². The Balaban J connectivity index is 2.17. The fourth-order valence-corrected chi connectivity index (χ4v) is 2.80. The predicted molar refractivity (Wildman–Crippen MR) is 84.7 cm³/mol. The summed E-state index contributed by atoms with van der Waals surface area (Å²) in [4.78, 5) is 16.6. The first-order valence-corrected chi connectivity index (χ1v) is 7.38. The molecule has 0 saturated carbocycles. The van der Waals surface area contributed by atoms with Gasteiger partial charge in [0.2, 0.25) is 0 Å². The van der Waals surface area contributed by atoms with Crippen molar-refractivity contribution >= 4 is 11.6 Å². The highest BCUT2D eigenvalue weighted by atomic mass is 16.5. The van der Waals surface area contributed by atoms with Crippen molar-refractivity contribution in [1.29, 1.82) is 0 Å². The van der Waals surface area contributed by atoms with Gasteiger partial charge in [-0.05, 0) is 31.0 Å². The van der Waals surface area contributed by atoms with E-state index in [1.807, 2.05) is 48.2 Å². The van der Waals surface area contributed by atoms with E-state index in [-0.39, 0.29) is 18.1 Å². The van der Waals surface area contributed by atoms with E-state index in [2.05, 4.69) is 0 Å². The summed E-state index contributed by atoms with van der Waals surface area (Å²) in [5.74, 6) is 0.0590. The third kappa shape index (κ3) is 3.54. The Morgan fingerprint density at radius 3 is 2.86 bits per heavy atom. The van der Waals surface area contributed by atoms with Crippen LogP contribution in [-0.2, 0) is 4.74 Å². The van der Waals surface area contributed by atoms with Gasteiger partial charge in [0.15, 0.2) is 0 Å². The number of carbonyl (C=O) groups is 1. The fraction of sp³-hybridized carbons (Fsp3) is 0.562. The van der Waals surface area contributed by atoms with Crippen molar-refractivity contribution in [2.75, 3.05) is 39.2 Å². The van der Waals surface area contributed by atoms with Crippen LogP contribution < -0.4 is 10.6 Å². The zero-order valence-electron chi connectivity index (χ0n) is 13.1. The number of rotatable bonds is 4. The van der Waals surface area contributed by atoms with E-state index < -0.39 is 0 Å². The van der Waals surface area contributed by atoms with Gasteiger partial charge in [0.1, 0.15) is 0 Å². The second kappa shape index (κ2) is 6.91. The SMILES string of the molecule is COC1CCN(C(=O)c2cccc(N(C)C)c2)C(CN)C1. The van der Waals surface area contributed by atoms with Crippen LogP contribution in [0.2, 0.25) is 0 Å². The lowest BCUT2D eigenvalue weighted by Crippen LogP contribution is -2.51. The van der Waals surface area contributed by atoms with Crippen molar-refractivity contribution in [3.63, 3.8) is 0 Å². The van der Waals surface area contributed by atoms with Crippen LogP contribution in [0, 0.1) is 0 Å². The highest BCUT2D eigenvalue weighted by molar-refractivity contribution is 5.95. The number of hydrogen-bond donors (Lipinski definition) is 1. The summed E-state index contributed by atoms with van der Waals surface area (Å²) in [5.41, 5.74) is 7.59. The second-order valence-corrected chi connectivity index (χ2v) is 5.71. The molecule has 1 aliphatic heterocycles. The Labute approximate surface area is 126 Å². The molecule has 116 valence electrons. The third-order valence-electron chi connectivity index (χ3n) is 4.14. The minimum atomic E-state index is 0.0548. The molecule has 1 amide bonds. The van der Waals surface area contributed by atoms with Crippen LogP contribution in [-0.4, -0.2) is 57.2 Å². The number of nitrogens with zero attached hydrogens (tertiary/aromatic N) is 2. The molecule has 0 aromatic heterocycles. The van der Waals surface area contributed by atoms with E-state index in [1.165, 1.54) is 0 Å². The number of nitrogens with two attached hydrogens (primary N) is 1. The number of ether oxygens (including phenoxy) is 1. The quantitative estimate of drug-likeness (QED) is 0.909. The van der Waals surface area contributed by atoms with Crippen LogP contribution in [0.3, 0.4) is 0 Å². The summed E-state index contributed by atoms with van der Waals surface area (Å²) in [6.07, 6.45) is 1.88. The van der Waals surface area contributed by atoms with Crippen LogP contribution in [0.25, 0.3) is 0 Å². The maximum absolute atomic E-state index is 12.7.